The van der Waals surface area contributed by atoms with Gasteiger partial charge in [-0.25, -0.2) is 8.42 Å². The maximum Gasteiger partial charge on any atom is 0.252 e. The fourth-order valence-corrected chi connectivity index (χ4v) is 4.84. The van der Waals surface area contributed by atoms with Crippen LogP contribution in [0.15, 0.2) is 16.3 Å². The van der Waals surface area contributed by atoms with Crippen LogP contribution in [0.3, 0.4) is 0 Å². The van der Waals surface area contributed by atoms with Gasteiger partial charge in [0.25, 0.3) is 10.0 Å². The second kappa shape index (κ2) is 4.10. The van der Waals surface area contributed by atoms with E-state index in [1.807, 2.05) is 19.9 Å². The fraction of sp³-hybridized carbons (Fsp3) is 0.600. The van der Waals surface area contributed by atoms with Crippen LogP contribution in [0, 0.1) is 12.8 Å². The van der Waals surface area contributed by atoms with E-state index in [4.69, 9.17) is 5.73 Å². The van der Waals surface area contributed by atoms with Gasteiger partial charge >= 0.3 is 0 Å². The van der Waals surface area contributed by atoms with E-state index < -0.39 is 10.0 Å². The molecule has 1 fully saturated rings. The van der Waals surface area contributed by atoms with Crippen molar-refractivity contribution in [1.29, 1.82) is 0 Å². The molecule has 90 valence electrons. The molecule has 0 amide bonds. The summed E-state index contributed by atoms with van der Waals surface area (Å²) in [5.41, 5.74) is 5.85. The van der Waals surface area contributed by atoms with Crippen LogP contribution in [0.4, 0.5) is 0 Å². The largest absolute Gasteiger partial charge is 0.326 e. The number of aryl methyl sites for hydroxylation is 1. The summed E-state index contributed by atoms with van der Waals surface area (Å²) >= 11 is 1.31. The van der Waals surface area contributed by atoms with Crippen LogP contribution in [-0.2, 0) is 10.0 Å². The smallest absolute Gasteiger partial charge is 0.252 e. The molecule has 1 aliphatic heterocycles. The maximum atomic E-state index is 12.2. The van der Waals surface area contributed by atoms with Crippen molar-refractivity contribution >= 4 is 21.4 Å². The molecular weight excluding hydrogens is 244 g/mol. The molecule has 4 nitrogen and oxygen atoms in total. The molecule has 1 aromatic heterocycles. The van der Waals surface area contributed by atoms with Crippen LogP contribution in [-0.4, -0.2) is 31.9 Å². The Bertz CT molecular complexity index is 471. The molecule has 6 heteroatoms. The highest BCUT2D eigenvalue weighted by atomic mass is 32.2. The topological polar surface area (TPSA) is 63.4 Å². The predicted octanol–water partition coefficient (Wildman–Crippen LogP) is 1.02. The Morgan fingerprint density at radius 2 is 2.12 bits per heavy atom. The molecule has 16 heavy (non-hydrogen) atoms. The Labute approximate surface area is 100 Å². The van der Waals surface area contributed by atoms with Crippen molar-refractivity contribution in [2.75, 3.05) is 13.1 Å². The van der Waals surface area contributed by atoms with E-state index in [1.54, 1.807) is 6.07 Å². The summed E-state index contributed by atoms with van der Waals surface area (Å²) in [5, 5.41) is 0. The second-order valence-corrected chi connectivity index (χ2v) is 7.78. The van der Waals surface area contributed by atoms with E-state index in [-0.39, 0.29) is 12.0 Å². The highest BCUT2D eigenvalue weighted by Crippen LogP contribution is 2.28. The number of sulfonamides is 1. The monoisotopic (exact) mass is 260 g/mol. The number of nitrogens with two attached hydrogens (primary N) is 1. The minimum Gasteiger partial charge on any atom is -0.326 e. The summed E-state index contributed by atoms with van der Waals surface area (Å²) in [7, 11) is -3.31. The third kappa shape index (κ3) is 2.02. The van der Waals surface area contributed by atoms with Gasteiger partial charge in [-0.15, -0.1) is 11.3 Å². The lowest BCUT2D eigenvalue weighted by Gasteiger charge is -2.14. The Morgan fingerprint density at radius 3 is 2.56 bits per heavy atom. The second-order valence-electron chi connectivity index (χ2n) is 4.33. The zero-order valence-corrected chi connectivity index (χ0v) is 11.0. The third-order valence-corrected chi connectivity index (χ3v) is 6.25. The van der Waals surface area contributed by atoms with Gasteiger partial charge in [0.1, 0.15) is 4.21 Å². The number of nitrogens with zero attached hydrogens (tertiary/aromatic N) is 1. The van der Waals surface area contributed by atoms with Crippen molar-refractivity contribution in [2.45, 2.75) is 24.1 Å². The maximum absolute atomic E-state index is 12.2. The number of hydrogen-bond acceptors (Lipinski definition) is 4. The lowest BCUT2D eigenvalue weighted by atomic mass is 10.1. The fourth-order valence-electron chi connectivity index (χ4n) is 1.82. The molecule has 2 heterocycles. The van der Waals surface area contributed by atoms with Crippen LogP contribution < -0.4 is 5.73 Å². The molecule has 1 aromatic rings. The van der Waals surface area contributed by atoms with Crippen LogP contribution in [0.1, 0.15) is 11.8 Å². The first-order valence-electron chi connectivity index (χ1n) is 5.23. The van der Waals surface area contributed by atoms with Crippen LogP contribution in [0.5, 0.6) is 0 Å². The van der Waals surface area contributed by atoms with E-state index in [0.29, 0.717) is 17.3 Å². The molecule has 1 aliphatic rings. The lowest BCUT2D eigenvalue weighted by Crippen LogP contribution is -2.31. The van der Waals surface area contributed by atoms with Gasteiger partial charge in [-0.3, -0.25) is 0 Å². The average Bonchev–Trinajstić information content (AvgIpc) is 2.75. The first-order valence-corrected chi connectivity index (χ1v) is 7.49. The summed E-state index contributed by atoms with van der Waals surface area (Å²) in [5.74, 6) is 0.232. The van der Waals surface area contributed by atoms with Crippen molar-refractivity contribution in [3.63, 3.8) is 0 Å². The van der Waals surface area contributed by atoms with Gasteiger partial charge < -0.3 is 5.73 Å². The molecule has 0 aliphatic carbocycles. The van der Waals surface area contributed by atoms with E-state index >= 15 is 0 Å². The molecule has 0 aromatic carbocycles. The van der Waals surface area contributed by atoms with Crippen LogP contribution >= 0.6 is 11.3 Å². The molecule has 1 saturated heterocycles. The van der Waals surface area contributed by atoms with Crippen molar-refractivity contribution in [1.82, 2.24) is 4.31 Å². The van der Waals surface area contributed by atoms with Crippen molar-refractivity contribution < 1.29 is 8.42 Å². The van der Waals surface area contributed by atoms with Crippen molar-refractivity contribution in [3.8, 4) is 0 Å². The number of hydrogen-bond donors (Lipinski definition) is 1. The standard InChI is InChI=1S/C10H16N2O2S2/c1-7-5-12(6-9(7)11)16(13,14)10-4-3-8(2)15-10/h3-4,7,9H,5-6,11H2,1-2H3. The first-order chi connectivity index (χ1) is 7.41. The number of thiophene rings is 1. The average molecular weight is 260 g/mol. The van der Waals surface area contributed by atoms with E-state index in [9.17, 15) is 8.42 Å². The highest BCUT2D eigenvalue weighted by Gasteiger charge is 2.35. The molecule has 0 radical (unpaired) electrons. The molecule has 0 saturated carbocycles. The summed E-state index contributed by atoms with van der Waals surface area (Å²) in [6, 6.07) is 3.46. The zero-order valence-electron chi connectivity index (χ0n) is 9.38. The minimum atomic E-state index is -3.31. The molecule has 2 atom stereocenters. The normalized spacial score (nSPS) is 27.4. The van der Waals surface area contributed by atoms with Crippen LogP contribution in [0.25, 0.3) is 0 Å². The Morgan fingerprint density at radius 1 is 1.44 bits per heavy atom. The molecule has 0 spiro atoms. The summed E-state index contributed by atoms with van der Waals surface area (Å²) < 4.78 is 26.4. The zero-order chi connectivity index (χ0) is 11.9. The quantitative estimate of drug-likeness (QED) is 0.863. The van der Waals surface area contributed by atoms with Gasteiger partial charge in [0.05, 0.1) is 0 Å². The molecule has 0 bridgehead atoms. The summed E-state index contributed by atoms with van der Waals surface area (Å²) in [6.07, 6.45) is 0. The van der Waals surface area contributed by atoms with Gasteiger partial charge in [-0.05, 0) is 25.0 Å². The van der Waals surface area contributed by atoms with E-state index in [0.717, 1.165) is 4.88 Å². The Kier molecular flexibility index (Phi) is 3.09. The molecule has 2 N–H and O–H groups in total. The van der Waals surface area contributed by atoms with Gasteiger partial charge in [0, 0.05) is 24.0 Å². The van der Waals surface area contributed by atoms with Gasteiger partial charge in [-0.1, -0.05) is 6.92 Å². The molecular formula is C10H16N2O2S2. The van der Waals surface area contributed by atoms with E-state index in [1.165, 1.54) is 15.6 Å². The third-order valence-electron chi connectivity index (χ3n) is 2.95. The van der Waals surface area contributed by atoms with Gasteiger partial charge in [0.15, 0.2) is 0 Å². The minimum absolute atomic E-state index is 0.0455. The summed E-state index contributed by atoms with van der Waals surface area (Å²) in [4.78, 5) is 1.01. The Balaban J connectivity index is 2.27. The van der Waals surface area contributed by atoms with Crippen molar-refractivity contribution in [3.05, 3.63) is 17.0 Å². The lowest BCUT2D eigenvalue weighted by molar-refractivity contribution is 0.466. The SMILES string of the molecule is Cc1ccc(S(=O)(=O)N2CC(C)C(N)C2)s1. The van der Waals surface area contributed by atoms with Gasteiger partial charge in [0.2, 0.25) is 0 Å². The first kappa shape index (κ1) is 12.0. The van der Waals surface area contributed by atoms with Crippen molar-refractivity contribution in [2.24, 2.45) is 11.7 Å². The molecule has 2 rings (SSSR count). The highest BCUT2D eigenvalue weighted by molar-refractivity contribution is 7.91. The van der Waals surface area contributed by atoms with Gasteiger partial charge in [-0.2, -0.15) is 4.31 Å². The molecule has 2 unspecified atom stereocenters. The van der Waals surface area contributed by atoms with E-state index in [2.05, 4.69) is 0 Å². The predicted molar refractivity (Wildman–Crippen MR) is 65.0 cm³/mol. The number of rotatable bonds is 2. The Hall–Kier alpha value is -0.430. The van der Waals surface area contributed by atoms with Crippen LogP contribution in [0.2, 0.25) is 0 Å². The summed E-state index contributed by atoms with van der Waals surface area (Å²) in [6.45, 7) is 4.85.